The minimum absolute atomic E-state index is 0.104. The van der Waals surface area contributed by atoms with Gasteiger partial charge in [-0.3, -0.25) is 4.79 Å². The van der Waals surface area contributed by atoms with Gasteiger partial charge in [-0.25, -0.2) is 0 Å². The summed E-state index contributed by atoms with van der Waals surface area (Å²) in [6.07, 6.45) is 0. The molecule has 19 heavy (non-hydrogen) atoms. The first-order chi connectivity index (χ1) is 8.95. The van der Waals surface area contributed by atoms with Gasteiger partial charge in [0.15, 0.2) is 0 Å². The third kappa shape index (κ3) is 2.60. The average Bonchev–Trinajstić information content (AvgIpc) is 2.91. The quantitative estimate of drug-likeness (QED) is 0.913. The Labute approximate surface area is 118 Å². The van der Waals surface area contributed by atoms with Gasteiger partial charge in [0.05, 0.1) is 11.3 Å². The van der Waals surface area contributed by atoms with Gasteiger partial charge >= 0.3 is 0 Å². The van der Waals surface area contributed by atoms with Crippen LogP contribution in [0.5, 0.6) is 0 Å². The lowest BCUT2D eigenvalue weighted by Crippen LogP contribution is -2.36. The number of rotatable bonds is 3. The zero-order chi connectivity index (χ0) is 14.2. The van der Waals surface area contributed by atoms with Gasteiger partial charge in [0.1, 0.15) is 5.00 Å². The lowest BCUT2D eigenvalue weighted by atomic mass is 10.1. The van der Waals surface area contributed by atoms with Crippen LogP contribution in [0.4, 0.5) is 5.00 Å². The molecule has 0 bridgehead atoms. The van der Waals surface area contributed by atoms with E-state index in [0.717, 1.165) is 29.3 Å². The van der Waals surface area contributed by atoms with E-state index in [2.05, 4.69) is 35.6 Å². The number of hydrogen-bond acceptors (Lipinski definition) is 5. The maximum Gasteiger partial charge on any atom is 0.258 e. The fourth-order valence-electron chi connectivity index (χ4n) is 2.74. The van der Waals surface area contributed by atoms with E-state index >= 15 is 0 Å². The molecule has 1 fully saturated rings. The first-order valence-electron chi connectivity index (χ1n) is 6.55. The molecule has 0 spiro atoms. The van der Waals surface area contributed by atoms with Crippen LogP contribution in [0.3, 0.4) is 0 Å². The summed E-state index contributed by atoms with van der Waals surface area (Å²) in [5, 5.41) is 3.93. The summed E-state index contributed by atoms with van der Waals surface area (Å²) < 4.78 is 4.27. The van der Waals surface area contributed by atoms with Crippen molar-refractivity contribution in [2.24, 2.45) is 5.92 Å². The standard InChI is InChI=1S/C13H22N4OS/c1-8-6-17(7-10(8)16(4)5)13(18)11-9(2)15-19-12(11)14-3/h8,10,14H,6-7H2,1-5H3. The second-order valence-corrected chi connectivity index (χ2v) is 6.21. The summed E-state index contributed by atoms with van der Waals surface area (Å²) >= 11 is 1.35. The Hall–Kier alpha value is -1.14. The smallest absolute Gasteiger partial charge is 0.258 e. The summed E-state index contributed by atoms with van der Waals surface area (Å²) in [7, 11) is 5.98. The molecule has 2 rings (SSSR count). The molecule has 0 saturated carbocycles. The van der Waals surface area contributed by atoms with E-state index in [9.17, 15) is 4.79 Å². The third-order valence-electron chi connectivity index (χ3n) is 3.83. The summed E-state index contributed by atoms with van der Waals surface area (Å²) in [5.74, 6) is 0.607. The van der Waals surface area contributed by atoms with Gasteiger partial charge in [-0.1, -0.05) is 6.92 Å². The topological polar surface area (TPSA) is 48.5 Å². The number of amides is 1. The monoisotopic (exact) mass is 282 g/mol. The van der Waals surface area contributed by atoms with Gasteiger partial charge in [-0.2, -0.15) is 4.37 Å². The summed E-state index contributed by atoms with van der Waals surface area (Å²) in [5.41, 5.74) is 1.56. The second kappa shape index (κ2) is 5.46. The molecular weight excluding hydrogens is 260 g/mol. The van der Waals surface area contributed by atoms with Gasteiger partial charge in [-0.05, 0) is 38.5 Å². The van der Waals surface area contributed by atoms with Crippen molar-refractivity contribution in [3.63, 3.8) is 0 Å². The first kappa shape index (κ1) is 14.3. The van der Waals surface area contributed by atoms with Crippen molar-refractivity contribution in [1.29, 1.82) is 0 Å². The molecule has 1 aliphatic rings. The second-order valence-electron chi connectivity index (χ2n) is 5.44. The molecule has 1 amide bonds. The highest BCUT2D eigenvalue weighted by Gasteiger charge is 2.35. The first-order valence-corrected chi connectivity index (χ1v) is 7.32. The Morgan fingerprint density at radius 2 is 2.16 bits per heavy atom. The molecule has 1 saturated heterocycles. The summed E-state index contributed by atoms with van der Waals surface area (Å²) in [6, 6.07) is 0.439. The van der Waals surface area contributed by atoms with Crippen LogP contribution in [0, 0.1) is 12.8 Å². The highest BCUT2D eigenvalue weighted by Crippen LogP contribution is 2.28. The van der Waals surface area contributed by atoms with Gasteiger partial charge in [0.2, 0.25) is 0 Å². The lowest BCUT2D eigenvalue weighted by Gasteiger charge is -2.22. The maximum absolute atomic E-state index is 12.7. The van der Waals surface area contributed by atoms with Crippen LogP contribution in [0.2, 0.25) is 0 Å². The normalized spacial score (nSPS) is 23.2. The number of anilines is 1. The van der Waals surface area contributed by atoms with Crippen molar-refractivity contribution in [3.8, 4) is 0 Å². The van der Waals surface area contributed by atoms with Crippen molar-refractivity contribution in [3.05, 3.63) is 11.3 Å². The number of aryl methyl sites for hydroxylation is 1. The Balaban J connectivity index is 2.19. The Bertz CT molecular complexity index is 471. The molecule has 106 valence electrons. The molecule has 1 aliphatic heterocycles. The van der Waals surface area contributed by atoms with E-state index in [4.69, 9.17) is 0 Å². The van der Waals surface area contributed by atoms with Crippen LogP contribution in [0.15, 0.2) is 0 Å². The Morgan fingerprint density at radius 1 is 1.47 bits per heavy atom. The Morgan fingerprint density at radius 3 is 2.68 bits per heavy atom. The maximum atomic E-state index is 12.7. The van der Waals surface area contributed by atoms with Gasteiger partial charge < -0.3 is 15.1 Å². The summed E-state index contributed by atoms with van der Waals surface area (Å²) in [6.45, 7) is 5.72. The molecular formula is C13H22N4OS. The molecule has 2 unspecified atom stereocenters. The fourth-order valence-corrected chi connectivity index (χ4v) is 3.48. The number of likely N-dealkylation sites (N-methyl/N-ethyl adjacent to an activating group) is 1. The molecule has 6 heteroatoms. The fraction of sp³-hybridized carbons (Fsp3) is 0.692. The molecule has 2 atom stereocenters. The van der Waals surface area contributed by atoms with Crippen molar-refractivity contribution >= 4 is 22.4 Å². The number of nitrogens with one attached hydrogen (secondary N) is 1. The summed E-state index contributed by atoms with van der Waals surface area (Å²) in [4.78, 5) is 16.8. The van der Waals surface area contributed by atoms with Crippen molar-refractivity contribution in [1.82, 2.24) is 14.2 Å². The third-order valence-corrected chi connectivity index (χ3v) is 4.78. The zero-order valence-electron chi connectivity index (χ0n) is 12.2. The lowest BCUT2D eigenvalue weighted by molar-refractivity contribution is 0.0782. The van der Waals surface area contributed by atoms with E-state index < -0.39 is 0 Å². The SMILES string of the molecule is CNc1snc(C)c1C(=O)N1CC(C)C(N(C)C)C1. The largest absolute Gasteiger partial charge is 0.378 e. The van der Waals surface area contributed by atoms with Crippen LogP contribution >= 0.6 is 11.5 Å². The van der Waals surface area contributed by atoms with Crippen LogP contribution in [0.1, 0.15) is 23.0 Å². The van der Waals surface area contributed by atoms with Crippen LogP contribution in [-0.4, -0.2) is 60.4 Å². The molecule has 1 N–H and O–H groups in total. The van der Waals surface area contributed by atoms with E-state index in [1.807, 2.05) is 18.9 Å². The van der Waals surface area contributed by atoms with Crippen LogP contribution in [0.25, 0.3) is 0 Å². The predicted molar refractivity (Wildman–Crippen MR) is 78.9 cm³/mol. The Kier molecular flexibility index (Phi) is 4.10. The van der Waals surface area contributed by atoms with Crippen molar-refractivity contribution in [2.45, 2.75) is 19.9 Å². The van der Waals surface area contributed by atoms with E-state index in [1.165, 1.54) is 11.5 Å². The van der Waals surface area contributed by atoms with E-state index in [1.54, 1.807) is 0 Å². The molecule has 1 aromatic rings. The molecule has 5 nitrogen and oxygen atoms in total. The van der Waals surface area contributed by atoms with E-state index in [0.29, 0.717) is 12.0 Å². The highest BCUT2D eigenvalue weighted by molar-refractivity contribution is 7.10. The molecule has 0 radical (unpaired) electrons. The molecule has 0 aliphatic carbocycles. The number of carbonyl (C=O) groups excluding carboxylic acids is 1. The van der Waals surface area contributed by atoms with Gasteiger partial charge in [-0.15, -0.1) is 0 Å². The highest BCUT2D eigenvalue weighted by atomic mass is 32.1. The van der Waals surface area contributed by atoms with Crippen molar-refractivity contribution in [2.75, 3.05) is 39.5 Å². The van der Waals surface area contributed by atoms with Crippen LogP contribution in [-0.2, 0) is 0 Å². The van der Waals surface area contributed by atoms with Gasteiger partial charge in [0.25, 0.3) is 5.91 Å². The molecule has 0 aromatic carbocycles. The number of carbonyl (C=O) groups is 1. The number of hydrogen-bond donors (Lipinski definition) is 1. The molecule has 2 heterocycles. The van der Waals surface area contributed by atoms with Crippen LogP contribution < -0.4 is 5.32 Å². The molecule has 1 aromatic heterocycles. The van der Waals surface area contributed by atoms with Gasteiger partial charge in [0, 0.05) is 26.2 Å². The zero-order valence-corrected chi connectivity index (χ0v) is 13.0. The van der Waals surface area contributed by atoms with E-state index in [-0.39, 0.29) is 5.91 Å². The average molecular weight is 282 g/mol. The minimum Gasteiger partial charge on any atom is -0.378 e. The number of aromatic nitrogens is 1. The minimum atomic E-state index is 0.104. The number of likely N-dealkylation sites (tertiary alicyclic amines) is 1. The predicted octanol–water partition coefficient (Wildman–Crippen LogP) is 1.52. The number of nitrogens with zero attached hydrogens (tertiary/aromatic N) is 3. The van der Waals surface area contributed by atoms with Crippen molar-refractivity contribution < 1.29 is 4.79 Å².